The van der Waals surface area contributed by atoms with Crippen molar-refractivity contribution in [3.63, 3.8) is 0 Å². The van der Waals surface area contributed by atoms with Gasteiger partial charge in [-0.3, -0.25) is 9.69 Å². The van der Waals surface area contributed by atoms with E-state index in [1.165, 1.54) is 5.56 Å². The smallest absolute Gasteiger partial charge is 0.270 e. The molecule has 1 saturated heterocycles. The number of hydrogen-bond donors (Lipinski definition) is 1. The van der Waals surface area contributed by atoms with Crippen molar-refractivity contribution in [1.82, 2.24) is 20.2 Å². The summed E-state index contributed by atoms with van der Waals surface area (Å²) in [5.41, 5.74) is 2.56. The number of amides is 1. The van der Waals surface area contributed by atoms with Crippen LogP contribution in [0.15, 0.2) is 36.4 Å². The molecule has 1 fully saturated rings. The normalized spacial score (nSPS) is 14.9. The van der Waals surface area contributed by atoms with Gasteiger partial charge in [0.05, 0.1) is 0 Å². The van der Waals surface area contributed by atoms with Gasteiger partial charge in [0.15, 0.2) is 0 Å². The van der Waals surface area contributed by atoms with Crippen LogP contribution in [0, 0.1) is 6.92 Å². The first kappa shape index (κ1) is 20.2. The second-order valence-corrected chi connectivity index (χ2v) is 7.05. The highest BCUT2D eigenvalue weighted by Crippen LogP contribution is 2.15. The van der Waals surface area contributed by atoms with Crippen LogP contribution in [-0.4, -0.2) is 67.2 Å². The number of methoxy groups -OCH3 is 1. The number of carbonyl (C=O) groups excluding carboxylic acids is 1. The monoisotopic (exact) mass is 383 g/mol. The number of ether oxygens (including phenoxy) is 1. The largest absolute Gasteiger partial charge is 0.385 e. The molecule has 2 aromatic rings. The summed E-state index contributed by atoms with van der Waals surface area (Å²) in [4.78, 5) is 26.1. The molecule has 2 heterocycles. The lowest BCUT2D eigenvalue weighted by molar-refractivity contribution is 0.0943. The summed E-state index contributed by atoms with van der Waals surface area (Å²) in [5, 5.41) is 2.89. The zero-order valence-corrected chi connectivity index (χ0v) is 16.7. The summed E-state index contributed by atoms with van der Waals surface area (Å²) in [6, 6.07) is 12.3. The first-order valence-electron chi connectivity index (χ1n) is 9.80. The van der Waals surface area contributed by atoms with E-state index in [4.69, 9.17) is 4.74 Å². The number of nitrogens with one attached hydrogen (secondary N) is 1. The number of aryl methyl sites for hydroxylation is 1. The van der Waals surface area contributed by atoms with Gasteiger partial charge >= 0.3 is 0 Å². The first-order chi connectivity index (χ1) is 13.7. The molecular formula is C21H29N5O2. The van der Waals surface area contributed by atoms with Gasteiger partial charge in [-0.15, -0.1) is 0 Å². The average Bonchev–Trinajstić information content (AvgIpc) is 2.72. The van der Waals surface area contributed by atoms with E-state index in [9.17, 15) is 4.79 Å². The van der Waals surface area contributed by atoms with Gasteiger partial charge < -0.3 is 15.0 Å². The third-order valence-electron chi connectivity index (χ3n) is 4.79. The molecule has 150 valence electrons. The molecule has 28 heavy (non-hydrogen) atoms. The molecule has 1 amide bonds. The van der Waals surface area contributed by atoms with Crippen LogP contribution < -0.4 is 10.2 Å². The van der Waals surface area contributed by atoms with E-state index in [0.717, 1.165) is 44.8 Å². The van der Waals surface area contributed by atoms with Gasteiger partial charge in [-0.2, -0.15) is 0 Å². The number of carbonyl (C=O) groups is 1. The summed E-state index contributed by atoms with van der Waals surface area (Å²) in [5.74, 6) is 0.479. The number of anilines is 1. The molecule has 0 unspecified atom stereocenters. The zero-order chi connectivity index (χ0) is 19.8. The summed E-state index contributed by atoms with van der Waals surface area (Å²) in [6.45, 7) is 7.66. The molecule has 0 radical (unpaired) electrons. The van der Waals surface area contributed by atoms with Crippen LogP contribution in [0.1, 0.15) is 28.2 Å². The van der Waals surface area contributed by atoms with Crippen LogP contribution >= 0.6 is 0 Å². The second kappa shape index (κ2) is 10.1. The number of hydrogen-bond acceptors (Lipinski definition) is 6. The van der Waals surface area contributed by atoms with Gasteiger partial charge in [0.25, 0.3) is 5.91 Å². The SMILES string of the molecule is COCCCNC(=O)c1cc(C)nc(N2CCN(Cc3ccccc3)CC2)n1. The van der Waals surface area contributed by atoms with Crippen molar-refractivity contribution in [3.05, 3.63) is 53.3 Å². The Bertz CT molecular complexity index is 761. The lowest BCUT2D eigenvalue weighted by atomic mass is 10.2. The Balaban J connectivity index is 1.57. The number of benzene rings is 1. The van der Waals surface area contributed by atoms with Crippen molar-refractivity contribution in [2.45, 2.75) is 19.9 Å². The van der Waals surface area contributed by atoms with Crippen LogP contribution in [0.25, 0.3) is 0 Å². The minimum absolute atomic E-state index is 0.162. The summed E-state index contributed by atoms with van der Waals surface area (Å²) >= 11 is 0. The minimum Gasteiger partial charge on any atom is -0.385 e. The van der Waals surface area contributed by atoms with E-state index < -0.39 is 0 Å². The van der Waals surface area contributed by atoms with Crippen LogP contribution in [0.5, 0.6) is 0 Å². The molecule has 1 aromatic heterocycles. The highest BCUT2D eigenvalue weighted by atomic mass is 16.5. The maximum absolute atomic E-state index is 12.4. The number of piperazine rings is 1. The van der Waals surface area contributed by atoms with Gasteiger partial charge in [-0.1, -0.05) is 30.3 Å². The van der Waals surface area contributed by atoms with E-state index in [1.807, 2.05) is 13.0 Å². The Hall–Kier alpha value is -2.51. The maximum Gasteiger partial charge on any atom is 0.270 e. The first-order valence-corrected chi connectivity index (χ1v) is 9.80. The lowest BCUT2D eigenvalue weighted by Crippen LogP contribution is -2.46. The summed E-state index contributed by atoms with van der Waals surface area (Å²) in [7, 11) is 1.65. The van der Waals surface area contributed by atoms with E-state index in [-0.39, 0.29) is 5.91 Å². The Kier molecular flexibility index (Phi) is 7.33. The standard InChI is InChI=1S/C21H29N5O2/c1-17-15-19(20(27)22-9-6-14-28-2)24-21(23-17)26-12-10-25(11-13-26)16-18-7-4-3-5-8-18/h3-5,7-8,15H,6,9-14,16H2,1-2H3,(H,22,27). The number of nitrogens with zero attached hydrogens (tertiary/aromatic N) is 4. The van der Waals surface area contributed by atoms with Gasteiger partial charge in [0, 0.05) is 58.7 Å². The fraction of sp³-hybridized carbons (Fsp3) is 0.476. The molecule has 0 spiro atoms. The van der Waals surface area contributed by atoms with Crippen molar-refractivity contribution >= 4 is 11.9 Å². The van der Waals surface area contributed by atoms with Crippen LogP contribution in [-0.2, 0) is 11.3 Å². The summed E-state index contributed by atoms with van der Waals surface area (Å²) < 4.78 is 5.01. The molecule has 7 heteroatoms. The second-order valence-electron chi connectivity index (χ2n) is 7.05. The minimum atomic E-state index is -0.162. The summed E-state index contributed by atoms with van der Waals surface area (Å²) in [6.07, 6.45) is 0.780. The highest BCUT2D eigenvalue weighted by Gasteiger charge is 2.20. The fourth-order valence-corrected chi connectivity index (χ4v) is 3.27. The van der Waals surface area contributed by atoms with Crippen molar-refractivity contribution in [2.24, 2.45) is 0 Å². The topological polar surface area (TPSA) is 70.6 Å². The molecule has 0 bridgehead atoms. The van der Waals surface area contributed by atoms with Crippen molar-refractivity contribution in [2.75, 3.05) is 51.3 Å². The lowest BCUT2D eigenvalue weighted by Gasteiger charge is -2.34. The highest BCUT2D eigenvalue weighted by molar-refractivity contribution is 5.92. The molecule has 1 aromatic carbocycles. The van der Waals surface area contributed by atoms with E-state index in [2.05, 4.69) is 49.4 Å². The molecule has 0 saturated carbocycles. The van der Waals surface area contributed by atoms with Crippen molar-refractivity contribution in [3.8, 4) is 0 Å². The van der Waals surface area contributed by atoms with E-state index in [0.29, 0.717) is 24.8 Å². The van der Waals surface area contributed by atoms with Crippen LogP contribution in [0.3, 0.4) is 0 Å². The Morgan fingerprint density at radius 2 is 1.89 bits per heavy atom. The quantitative estimate of drug-likeness (QED) is 0.702. The van der Waals surface area contributed by atoms with Crippen molar-refractivity contribution < 1.29 is 9.53 Å². The maximum atomic E-state index is 12.4. The molecule has 7 nitrogen and oxygen atoms in total. The third kappa shape index (κ3) is 5.74. The number of aromatic nitrogens is 2. The van der Waals surface area contributed by atoms with Crippen molar-refractivity contribution in [1.29, 1.82) is 0 Å². The van der Waals surface area contributed by atoms with Gasteiger partial charge in [0.2, 0.25) is 5.95 Å². The van der Waals surface area contributed by atoms with Gasteiger partial charge in [-0.05, 0) is 25.0 Å². The van der Waals surface area contributed by atoms with E-state index >= 15 is 0 Å². The zero-order valence-electron chi connectivity index (χ0n) is 16.7. The Morgan fingerprint density at radius 3 is 2.61 bits per heavy atom. The Labute approximate surface area is 166 Å². The van der Waals surface area contributed by atoms with Gasteiger partial charge in [0.1, 0.15) is 5.69 Å². The molecule has 1 aliphatic rings. The van der Waals surface area contributed by atoms with Gasteiger partial charge in [-0.25, -0.2) is 9.97 Å². The predicted molar refractivity (Wildman–Crippen MR) is 110 cm³/mol. The van der Waals surface area contributed by atoms with Crippen LogP contribution in [0.4, 0.5) is 5.95 Å². The molecule has 0 aliphatic carbocycles. The van der Waals surface area contributed by atoms with Crippen LogP contribution in [0.2, 0.25) is 0 Å². The Morgan fingerprint density at radius 1 is 1.14 bits per heavy atom. The fourth-order valence-electron chi connectivity index (χ4n) is 3.27. The molecule has 0 atom stereocenters. The molecule has 1 N–H and O–H groups in total. The molecule has 1 aliphatic heterocycles. The number of rotatable bonds is 8. The third-order valence-corrected chi connectivity index (χ3v) is 4.79. The molecule has 3 rings (SSSR count). The van der Waals surface area contributed by atoms with E-state index in [1.54, 1.807) is 13.2 Å². The average molecular weight is 383 g/mol. The molecular weight excluding hydrogens is 354 g/mol. The predicted octanol–water partition coefficient (Wildman–Crippen LogP) is 1.87.